The second-order valence-corrected chi connectivity index (χ2v) is 12.5. The Balaban J connectivity index is 0.0000137. The molecule has 1 rings (SSSR count). The Morgan fingerprint density at radius 1 is 0.789 bits per heavy atom. The molecule has 15 heteroatoms. The standard InChI is InChI=1S/C23H43N5O7S2.Na/c1-18-19(28-23(32)27-18)11-5-2-6-12-20(29)24-14-8-3-7-13-21(30)25-15-9-4-10-16-26-22(31)17-36-37(33,34)35;/h18-19H,2-17H2,1H3,(H,24,29)(H,25,30)(H,26,31)(H2,27,28,32)(H,33,34,35);/q;+1/p-1. The van der Waals surface area contributed by atoms with Gasteiger partial charge in [0.15, 0.2) is 0 Å². The zero-order valence-corrected chi connectivity index (χ0v) is 26.3. The van der Waals surface area contributed by atoms with E-state index in [1.807, 2.05) is 6.92 Å². The summed E-state index contributed by atoms with van der Waals surface area (Å²) in [5, 5.41) is 14.0. The Hall–Kier alpha value is -1.06. The van der Waals surface area contributed by atoms with Gasteiger partial charge in [-0.25, -0.2) is 13.2 Å². The van der Waals surface area contributed by atoms with Crippen molar-refractivity contribution in [2.45, 2.75) is 96.1 Å². The van der Waals surface area contributed by atoms with E-state index in [0.29, 0.717) is 38.9 Å². The van der Waals surface area contributed by atoms with Crippen LogP contribution in [0.4, 0.5) is 4.79 Å². The molecule has 0 aromatic heterocycles. The minimum atomic E-state index is -4.46. The van der Waals surface area contributed by atoms with Crippen molar-refractivity contribution >= 4 is 43.7 Å². The quantitative estimate of drug-likeness (QED) is 0.0454. The van der Waals surface area contributed by atoms with Gasteiger partial charge < -0.3 is 31.1 Å². The minimum Gasteiger partial charge on any atom is -0.739 e. The molecule has 1 aliphatic heterocycles. The van der Waals surface area contributed by atoms with Crippen molar-refractivity contribution in [2.75, 3.05) is 25.4 Å². The molecule has 0 aliphatic carbocycles. The normalized spacial score (nSPS) is 16.6. The van der Waals surface area contributed by atoms with Gasteiger partial charge >= 0.3 is 35.6 Å². The number of carbonyl (C=O) groups is 4. The van der Waals surface area contributed by atoms with Gasteiger partial charge in [-0.05, 0) is 62.7 Å². The summed E-state index contributed by atoms with van der Waals surface area (Å²) in [6.45, 7) is 3.54. The maximum Gasteiger partial charge on any atom is 1.00 e. The largest absolute Gasteiger partial charge is 1.00 e. The first-order valence-corrected chi connectivity index (χ1v) is 16.0. The third-order valence-electron chi connectivity index (χ3n) is 5.93. The fraction of sp³-hybridized carbons (Fsp3) is 0.826. The van der Waals surface area contributed by atoms with E-state index in [-0.39, 0.29) is 70.3 Å². The van der Waals surface area contributed by atoms with E-state index < -0.39 is 20.8 Å². The van der Waals surface area contributed by atoms with Gasteiger partial charge in [-0.3, -0.25) is 14.4 Å². The van der Waals surface area contributed by atoms with Crippen molar-refractivity contribution in [1.29, 1.82) is 0 Å². The van der Waals surface area contributed by atoms with Gasteiger partial charge in [0.1, 0.15) is 9.15 Å². The number of amides is 5. The van der Waals surface area contributed by atoms with E-state index in [2.05, 4.69) is 26.6 Å². The van der Waals surface area contributed by atoms with Crippen LogP contribution in [0, 0.1) is 0 Å². The molecule has 2 atom stereocenters. The molecule has 2 unspecified atom stereocenters. The van der Waals surface area contributed by atoms with Gasteiger partial charge in [0, 0.05) is 38.5 Å². The second-order valence-electron chi connectivity index (χ2n) is 9.20. The number of carbonyl (C=O) groups excluding carboxylic acids is 4. The molecule has 1 aliphatic rings. The Morgan fingerprint density at radius 2 is 1.26 bits per heavy atom. The van der Waals surface area contributed by atoms with Gasteiger partial charge in [-0.1, -0.05) is 19.3 Å². The molecule has 0 saturated carbocycles. The Labute approximate surface area is 252 Å². The van der Waals surface area contributed by atoms with Crippen LogP contribution < -0.4 is 56.1 Å². The molecule has 5 amide bonds. The number of unbranched alkanes of at least 4 members (excludes halogenated alkanes) is 6. The molecule has 5 N–H and O–H groups in total. The fourth-order valence-electron chi connectivity index (χ4n) is 3.84. The minimum absolute atomic E-state index is 0. The summed E-state index contributed by atoms with van der Waals surface area (Å²) in [5.74, 6) is -0.851. The van der Waals surface area contributed by atoms with Crippen LogP contribution in [0.3, 0.4) is 0 Å². The van der Waals surface area contributed by atoms with Crippen LogP contribution in [0.5, 0.6) is 0 Å². The average Bonchev–Trinajstić information content (AvgIpc) is 3.15. The summed E-state index contributed by atoms with van der Waals surface area (Å²) in [5.41, 5.74) is 0. The molecule has 0 spiro atoms. The van der Waals surface area contributed by atoms with Gasteiger partial charge in [0.05, 0.1) is 11.8 Å². The molecule has 12 nitrogen and oxygen atoms in total. The van der Waals surface area contributed by atoms with Crippen LogP contribution in [0.15, 0.2) is 0 Å². The fourth-order valence-corrected chi connectivity index (χ4v) is 4.95. The van der Waals surface area contributed by atoms with E-state index >= 15 is 0 Å². The molecule has 0 radical (unpaired) electrons. The maximum absolute atomic E-state index is 11.9. The number of hydrogen-bond donors (Lipinski definition) is 5. The third-order valence-corrected chi connectivity index (χ3v) is 7.82. The smallest absolute Gasteiger partial charge is 0.739 e. The van der Waals surface area contributed by atoms with E-state index in [4.69, 9.17) is 0 Å². The molecule has 214 valence electrons. The number of nitrogens with one attached hydrogen (secondary N) is 5. The SMILES string of the molecule is CC1NC(=O)NC1CCCCCC(=O)NCCCCCC(=O)NCCCCCNC(=O)CSS(=O)(=O)[O-].[Na+]. The summed E-state index contributed by atoms with van der Waals surface area (Å²) in [6.07, 6.45) is 9.33. The van der Waals surface area contributed by atoms with E-state index in [9.17, 15) is 32.1 Å². The van der Waals surface area contributed by atoms with Crippen LogP contribution in [0.2, 0.25) is 0 Å². The molecular weight excluding hydrogens is 545 g/mol. The summed E-state index contributed by atoms with van der Waals surface area (Å²) in [4.78, 5) is 46.4. The summed E-state index contributed by atoms with van der Waals surface area (Å²) in [7, 11) is -4.39. The van der Waals surface area contributed by atoms with E-state index in [1.165, 1.54) is 0 Å². The van der Waals surface area contributed by atoms with Crippen molar-refractivity contribution in [3.63, 3.8) is 0 Å². The third kappa shape index (κ3) is 20.8. The first-order chi connectivity index (χ1) is 17.6. The van der Waals surface area contributed by atoms with Gasteiger partial charge in [0.2, 0.25) is 17.7 Å². The van der Waals surface area contributed by atoms with Gasteiger partial charge in [0.25, 0.3) is 0 Å². The predicted molar refractivity (Wildman–Crippen MR) is 142 cm³/mol. The Kier molecular flexibility index (Phi) is 21.1. The van der Waals surface area contributed by atoms with Crippen molar-refractivity contribution in [1.82, 2.24) is 26.6 Å². The van der Waals surface area contributed by atoms with Crippen molar-refractivity contribution < 1.29 is 61.7 Å². The molecular formula is C23H42N5NaO7S2. The number of hydrogen-bond acceptors (Lipinski definition) is 8. The molecule has 0 bridgehead atoms. The van der Waals surface area contributed by atoms with E-state index in [0.717, 1.165) is 57.8 Å². The summed E-state index contributed by atoms with van der Waals surface area (Å²) >= 11 is 0. The van der Waals surface area contributed by atoms with Gasteiger partial charge in [-0.2, -0.15) is 0 Å². The molecule has 1 heterocycles. The predicted octanol–water partition coefficient (Wildman–Crippen LogP) is -1.72. The van der Waals surface area contributed by atoms with Crippen LogP contribution in [0.25, 0.3) is 0 Å². The maximum atomic E-state index is 11.9. The van der Waals surface area contributed by atoms with Crippen molar-refractivity contribution in [3.8, 4) is 0 Å². The van der Waals surface area contributed by atoms with Crippen molar-refractivity contribution in [2.24, 2.45) is 0 Å². The Morgan fingerprint density at radius 3 is 1.74 bits per heavy atom. The summed E-state index contributed by atoms with van der Waals surface area (Å²) in [6, 6.07) is 0.210. The molecule has 1 fully saturated rings. The number of rotatable bonds is 21. The topological polar surface area (TPSA) is 186 Å². The Bertz CT molecular complexity index is 833. The summed E-state index contributed by atoms with van der Waals surface area (Å²) < 4.78 is 31.3. The van der Waals surface area contributed by atoms with Crippen LogP contribution in [-0.2, 0) is 23.5 Å². The molecule has 1 saturated heterocycles. The zero-order valence-electron chi connectivity index (χ0n) is 22.6. The van der Waals surface area contributed by atoms with Crippen LogP contribution in [-0.4, -0.2) is 74.2 Å². The van der Waals surface area contributed by atoms with Crippen LogP contribution >= 0.6 is 10.8 Å². The van der Waals surface area contributed by atoms with Gasteiger partial charge in [-0.15, -0.1) is 0 Å². The first-order valence-electron chi connectivity index (χ1n) is 13.0. The number of urea groups is 1. The van der Waals surface area contributed by atoms with E-state index in [1.54, 1.807) is 0 Å². The monoisotopic (exact) mass is 587 g/mol. The van der Waals surface area contributed by atoms with Crippen LogP contribution in [0.1, 0.15) is 84.0 Å². The van der Waals surface area contributed by atoms with Crippen molar-refractivity contribution in [3.05, 3.63) is 0 Å². The molecule has 0 aromatic rings. The molecule has 38 heavy (non-hydrogen) atoms. The second kappa shape index (κ2) is 21.7. The zero-order chi connectivity index (χ0) is 27.5. The molecule has 0 aromatic carbocycles. The average molecular weight is 588 g/mol. The first kappa shape index (κ1) is 36.9.